The number of hydrogen-bond donors (Lipinski definition) is 2. The van der Waals surface area contributed by atoms with Crippen LogP contribution in [0.5, 0.6) is 0 Å². The van der Waals surface area contributed by atoms with Crippen molar-refractivity contribution in [1.82, 2.24) is 15.3 Å². The molecule has 3 aromatic rings. The number of rotatable bonds is 6. The van der Waals surface area contributed by atoms with Gasteiger partial charge in [-0.1, -0.05) is 37.3 Å². The Balaban J connectivity index is 1.72. The van der Waals surface area contributed by atoms with Crippen LogP contribution >= 0.6 is 0 Å². The van der Waals surface area contributed by atoms with Crippen LogP contribution in [0.2, 0.25) is 0 Å². The molecule has 1 aliphatic rings. The van der Waals surface area contributed by atoms with Gasteiger partial charge < -0.3 is 16.0 Å². The molecule has 1 fully saturated rings. The molecule has 4 rings (SSSR count). The first kappa shape index (κ1) is 25.2. The van der Waals surface area contributed by atoms with Gasteiger partial charge in [0, 0.05) is 42.2 Å². The van der Waals surface area contributed by atoms with Gasteiger partial charge in [0.15, 0.2) is 0 Å². The molecule has 188 valence electrons. The summed E-state index contributed by atoms with van der Waals surface area (Å²) in [5.74, 6) is -0.0664. The molecule has 36 heavy (non-hydrogen) atoms. The summed E-state index contributed by atoms with van der Waals surface area (Å²) >= 11 is 0. The Morgan fingerprint density at radius 3 is 2.33 bits per heavy atom. The van der Waals surface area contributed by atoms with Crippen LogP contribution in [0.4, 0.5) is 19.0 Å². The normalized spacial score (nSPS) is 14.5. The summed E-state index contributed by atoms with van der Waals surface area (Å²) in [6.45, 7) is 3.09. The van der Waals surface area contributed by atoms with E-state index < -0.39 is 17.6 Å². The average Bonchev–Trinajstić information content (AvgIpc) is 2.88. The largest absolute Gasteiger partial charge is 0.416 e. The van der Waals surface area contributed by atoms with Gasteiger partial charge in [0.05, 0.1) is 23.1 Å². The van der Waals surface area contributed by atoms with Gasteiger partial charge >= 0.3 is 6.18 Å². The van der Waals surface area contributed by atoms with Crippen LogP contribution in [0, 0.1) is 0 Å². The third kappa shape index (κ3) is 5.48. The number of nitrogens with two attached hydrogens (primary N) is 1. The van der Waals surface area contributed by atoms with Gasteiger partial charge in [-0.3, -0.25) is 14.6 Å². The molecule has 2 aromatic carbocycles. The number of nitrogens with zero attached hydrogens (tertiary/aromatic N) is 3. The fourth-order valence-corrected chi connectivity index (χ4v) is 4.24. The topological polar surface area (TPSA) is 101 Å². The molecule has 1 aliphatic heterocycles. The number of alkyl halides is 3. The summed E-state index contributed by atoms with van der Waals surface area (Å²) in [4.78, 5) is 35.3. The first-order chi connectivity index (χ1) is 17.2. The average molecular weight is 498 g/mol. The lowest BCUT2D eigenvalue weighted by Crippen LogP contribution is -2.44. The third-order valence-electron chi connectivity index (χ3n) is 6.20. The van der Waals surface area contributed by atoms with E-state index in [0.717, 1.165) is 25.0 Å². The highest BCUT2D eigenvalue weighted by atomic mass is 19.4. The maximum atomic E-state index is 13.1. The minimum atomic E-state index is -4.46. The molecule has 2 heterocycles. The Bertz CT molecular complexity index is 1250. The quantitative estimate of drug-likeness (QED) is 0.525. The monoisotopic (exact) mass is 497 g/mol. The molecule has 1 aromatic heterocycles. The molecule has 0 aliphatic carbocycles. The van der Waals surface area contributed by atoms with E-state index in [1.54, 1.807) is 30.5 Å². The number of piperidine rings is 1. The predicted octanol–water partition coefficient (Wildman–Crippen LogP) is 4.42. The van der Waals surface area contributed by atoms with Gasteiger partial charge in [-0.15, -0.1) is 0 Å². The lowest BCUT2D eigenvalue weighted by Gasteiger charge is -2.33. The molecule has 3 N–H and O–H groups in total. The van der Waals surface area contributed by atoms with Gasteiger partial charge in [-0.05, 0) is 31.0 Å². The van der Waals surface area contributed by atoms with Crippen LogP contribution in [0.25, 0.3) is 22.5 Å². The van der Waals surface area contributed by atoms with Gasteiger partial charge in [-0.25, -0.2) is 4.98 Å². The number of hydrogen-bond acceptors (Lipinski definition) is 5. The van der Waals surface area contributed by atoms with E-state index in [1.807, 2.05) is 11.8 Å². The summed E-state index contributed by atoms with van der Waals surface area (Å²) in [5, 5.41) is 3.01. The molecular weight excluding hydrogens is 471 g/mol. The van der Waals surface area contributed by atoms with Crippen LogP contribution < -0.4 is 16.0 Å². The Morgan fingerprint density at radius 1 is 1.06 bits per heavy atom. The molecule has 10 heteroatoms. The van der Waals surface area contributed by atoms with Crippen molar-refractivity contribution in [1.29, 1.82) is 0 Å². The number of nitrogens with one attached hydrogen (secondary N) is 1. The van der Waals surface area contributed by atoms with E-state index in [4.69, 9.17) is 10.7 Å². The summed E-state index contributed by atoms with van der Waals surface area (Å²) in [7, 11) is 0. The summed E-state index contributed by atoms with van der Waals surface area (Å²) < 4.78 is 39.2. The number of aromatic nitrogens is 2. The van der Waals surface area contributed by atoms with Crippen LogP contribution in [0.15, 0.2) is 54.7 Å². The van der Waals surface area contributed by atoms with E-state index >= 15 is 0 Å². The second kappa shape index (κ2) is 10.3. The van der Waals surface area contributed by atoms with E-state index in [1.165, 1.54) is 12.1 Å². The van der Waals surface area contributed by atoms with Crippen LogP contribution in [0.3, 0.4) is 0 Å². The first-order valence-electron chi connectivity index (χ1n) is 11.7. The Morgan fingerprint density at radius 2 is 1.72 bits per heavy atom. The van der Waals surface area contributed by atoms with E-state index in [0.29, 0.717) is 47.8 Å². The standard InChI is InChI=1S/C26H26F3N5O2/c1-2-22(35)32-18-11-13-34(14-12-18)21-15-31-23(16-7-9-17(10-8-16)26(27,28)29)24(33-21)19-5-3-4-6-20(19)25(30)36/h3-10,15,18H,2,11-14H2,1H3,(H2,30,36)(H,32,35). The van der Waals surface area contributed by atoms with Gasteiger partial charge in [0.2, 0.25) is 11.8 Å². The van der Waals surface area contributed by atoms with Crippen molar-refractivity contribution in [3.8, 4) is 22.5 Å². The second-order valence-electron chi connectivity index (χ2n) is 8.59. The zero-order chi connectivity index (χ0) is 25.9. The number of carbonyl (C=O) groups is 2. The molecule has 0 radical (unpaired) electrons. The van der Waals surface area contributed by atoms with E-state index in [9.17, 15) is 22.8 Å². The minimum absolute atomic E-state index is 0.0134. The lowest BCUT2D eigenvalue weighted by atomic mass is 9.98. The molecule has 0 spiro atoms. The molecule has 7 nitrogen and oxygen atoms in total. The number of primary amides is 1. The van der Waals surface area contributed by atoms with Crippen molar-refractivity contribution in [3.63, 3.8) is 0 Å². The highest BCUT2D eigenvalue weighted by molar-refractivity contribution is 6.01. The maximum Gasteiger partial charge on any atom is 0.416 e. The highest BCUT2D eigenvalue weighted by Gasteiger charge is 2.30. The Labute approximate surface area is 206 Å². The molecule has 2 amide bonds. The van der Waals surface area contributed by atoms with Crippen LogP contribution in [-0.2, 0) is 11.0 Å². The van der Waals surface area contributed by atoms with Crippen LogP contribution in [0.1, 0.15) is 42.1 Å². The van der Waals surface area contributed by atoms with Crippen LogP contribution in [-0.4, -0.2) is 40.9 Å². The molecule has 0 atom stereocenters. The fraction of sp³-hybridized carbons (Fsp3) is 0.308. The zero-order valence-corrected chi connectivity index (χ0v) is 19.7. The van der Waals surface area contributed by atoms with Crippen molar-refractivity contribution < 1.29 is 22.8 Å². The fourth-order valence-electron chi connectivity index (χ4n) is 4.24. The molecule has 0 unspecified atom stereocenters. The molecular formula is C26H26F3N5O2. The maximum absolute atomic E-state index is 13.1. The van der Waals surface area contributed by atoms with E-state index in [-0.39, 0.29) is 17.5 Å². The lowest BCUT2D eigenvalue weighted by molar-refractivity contribution is -0.137. The number of halogens is 3. The minimum Gasteiger partial charge on any atom is -0.366 e. The number of anilines is 1. The van der Waals surface area contributed by atoms with Crippen molar-refractivity contribution >= 4 is 17.6 Å². The summed E-state index contributed by atoms with van der Waals surface area (Å²) in [6, 6.07) is 11.4. The van der Waals surface area contributed by atoms with Gasteiger partial charge in [0.1, 0.15) is 5.82 Å². The number of amides is 2. The number of benzene rings is 2. The second-order valence-corrected chi connectivity index (χ2v) is 8.59. The zero-order valence-electron chi connectivity index (χ0n) is 19.7. The summed E-state index contributed by atoms with van der Waals surface area (Å²) in [5.41, 5.74) is 6.62. The summed E-state index contributed by atoms with van der Waals surface area (Å²) in [6.07, 6.45) is -0.977. The Kier molecular flexibility index (Phi) is 7.23. The molecule has 1 saturated heterocycles. The van der Waals surface area contributed by atoms with Crippen molar-refractivity contribution in [2.24, 2.45) is 5.73 Å². The van der Waals surface area contributed by atoms with Gasteiger partial charge in [-0.2, -0.15) is 13.2 Å². The van der Waals surface area contributed by atoms with Crippen molar-refractivity contribution in [3.05, 3.63) is 65.9 Å². The SMILES string of the molecule is CCC(=O)NC1CCN(c2cnc(-c3ccc(C(F)(F)F)cc3)c(-c3ccccc3C(N)=O)n2)CC1. The molecule has 0 bridgehead atoms. The number of carbonyl (C=O) groups excluding carboxylic acids is 2. The van der Waals surface area contributed by atoms with E-state index in [2.05, 4.69) is 10.3 Å². The molecule has 0 saturated carbocycles. The highest BCUT2D eigenvalue weighted by Crippen LogP contribution is 2.35. The third-order valence-corrected chi connectivity index (χ3v) is 6.20. The van der Waals surface area contributed by atoms with Crippen molar-refractivity contribution in [2.75, 3.05) is 18.0 Å². The first-order valence-corrected chi connectivity index (χ1v) is 11.7. The predicted molar refractivity (Wildman–Crippen MR) is 130 cm³/mol. The van der Waals surface area contributed by atoms with Crippen molar-refractivity contribution in [2.45, 2.75) is 38.4 Å². The Hall–Kier alpha value is -3.95. The smallest absolute Gasteiger partial charge is 0.366 e. The van der Waals surface area contributed by atoms with Gasteiger partial charge in [0.25, 0.3) is 0 Å².